The van der Waals surface area contributed by atoms with Crippen molar-refractivity contribution in [1.29, 1.82) is 0 Å². The van der Waals surface area contributed by atoms with Crippen molar-refractivity contribution in [2.45, 2.75) is 59.6 Å². The summed E-state index contributed by atoms with van der Waals surface area (Å²) in [5, 5.41) is 5.77. The summed E-state index contributed by atoms with van der Waals surface area (Å²) in [7, 11) is 0. The molecule has 1 aliphatic heterocycles. The van der Waals surface area contributed by atoms with Crippen molar-refractivity contribution in [2.75, 3.05) is 32.8 Å². The molecule has 0 saturated carbocycles. The Balaban J connectivity index is 2.58. The molecule has 0 aliphatic carbocycles. The summed E-state index contributed by atoms with van der Waals surface area (Å²) in [6, 6.07) is -0.155. The van der Waals surface area contributed by atoms with Crippen molar-refractivity contribution >= 4 is 11.8 Å². The largest absolute Gasteiger partial charge is 0.376 e. The predicted octanol–water partition coefficient (Wildman–Crippen LogP) is 1.15. The van der Waals surface area contributed by atoms with Gasteiger partial charge in [0.05, 0.1) is 24.2 Å². The maximum absolute atomic E-state index is 12.6. The second kappa shape index (κ2) is 9.23. The molecule has 0 spiro atoms. The molecule has 2 amide bonds. The molecular formula is C17H33N3O3. The standard InChI is InChI=1S/C17H33N3O3/c1-6-13-11-20(9-10-23-13)14(7-2)15(21)19-12-17(4,5)16(22)18-8-3/h13-14H,6-12H2,1-5H3,(H,18,22)(H,19,21)/t13-,14+/m1/s1. The van der Waals surface area contributed by atoms with Crippen LogP contribution in [0.25, 0.3) is 0 Å². The number of carbonyl (C=O) groups is 2. The zero-order valence-corrected chi connectivity index (χ0v) is 15.3. The molecule has 0 aromatic carbocycles. The summed E-state index contributed by atoms with van der Waals surface area (Å²) >= 11 is 0. The van der Waals surface area contributed by atoms with E-state index in [0.717, 1.165) is 25.9 Å². The quantitative estimate of drug-likeness (QED) is 0.702. The molecule has 2 atom stereocenters. The van der Waals surface area contributed by atoms with Crippen LogP contribution in [0.2, 0.25) is 0 Å². The third-order valence-electron chi connectivity index (χ3n) is 4.41. The number of rotatable bonds is 8. The van der Waals surface area contributed by atoms with Gasteiger partial charge in [-0.15, -0.1) is 0 Å². The molecule has 1 rings (SSSR count). The average molecular weight is 327 g/mol. The molecule has 1 heterocycles. The fourth-order valence-corrected chi connectivity index (χ4v) is 2.79. The highest BCUT2D eigenvalue weighted by atomic mass is 16.5. The third kappa shape index (κ3) is 5.77. The van der Waals surface area contributed by atoms with Crippen LogP contribution in [0.3, 0.4) is 0 Å². The van der Waals surface area contributed by atoms with Crippen LogP contribution in [0.4, 0.5) is 0 Å². The van der Waals surface area contributed by atoms with Crippen LogP contribution < -0.4 is 10.6 Å². The van der Waals surface area contributed by atoms with E-state index in [1.807, 2.05) is 27.7 Å². The number of carbonyl (C=O) groups excluding carboxylic acids is 2. The van der Waals surface area contributed by atoms with E-state index in [0.29, 0.717) is 19.7 Å². The summed E-state index contributed by atoms with van der Waals surface area (Å²) in [6.45, 7) is 12.9. The van der Waals surface area contributed by atoms with Gasteiger partial charge in [-0.2, -0.15) is 0 Å². The molecule has 1 fully saturated rings. The van der Waals surface area contributed by atoms with Gasteiger partial charge in [-0.1, -0.05) is 13.8 Å². The second-order valence-electron chi connectivity index (χ2n) is 6.78. The molecule has 0 bridgehead atoms. The fourth-order valence-electron chi connectivity index (χ4n) is 2.79. The van der Waals surface area contributed by atoms with Crippen molar-refractivity contribution in [3.63, 3.8) is 0 Å². The SMILES string of the molecule is CCNC(=O)C(C)(C)CNC(=O)[C@H](CC)N1CCO[C@H](CC)C1. The van der Waals surface area contributed by atoms with E-state index >= 15 is 0 Å². The van der Waals surface area contributed by atoms with Gasteiger partial charge in [0.25, 0.3) is 0 Å². The number of amides is 2. The molecule has 6 heteroatoms. The van der Waals surface area contributed by atoms with Gasteiger partial charge in [0.2, 0.25) is 11.8 Å². The first-order chi connectivity index (χ1) is 10.9. The number of ether oxygens (including phenoxy) is 1. The van der Waals surface area contributed by atoms with Gasteiger partial charge in [-0.05, 0) is 33.6 Å². The lowest BCUT2D eigenvalue weighted by atomic mass is 9.92. The van der Waals surface area contributed by atoms with Gasteiger partial charge in [0, 0.05) is 26.2 Å². The Labute approximate surface area is 140 Å². The van der Waals surface area contributed by atoms with Crippen LogP contribution in [0, 0.1) is 5.41 Å². The maximum atomic E-state index is 12.6. The van der Waals surface area contributed by atoms with E-state index in [1.165, 1.54) is 0 Å². The lowest BCUT2D eigenvalue weighted by molar-refractivity contribution is -0.132. The summed E-state index contributed by atoms with van der Waals surface area (Å²) in [5.41, 5.74) is -0.610. The highest BCUT2D eigenvalue weighted by Gasteiger charge is 2.32. The summed E-state index contributed by atoms with van der Waals surface area (Å²) in [4.78, 5) is 26.8. The lowest BCUT2D eigenvalue weighted by Crippen LogP contribution is -2.55. The Morgan fingerprint density at radius 2 is 1.96 bits per heavy atom. The molecule has 0 aromatic rings. The van der Waals surface area contributed by atoms with Gasteiger partial charge in [-0.25, -0.2) is 0 Å². The van der Waals surface area contributed by atoms with E-state index in [4.69, 9.17) is 4.74 Å². The smallest absolute Gasteiger partial charge is 0.237 e. The normalized spacial score (nSPS) is 20.8. The zero-order chi connectivity index (χ0) is 17.5. The van der Waals surface area contributed by atoms with E-state index < -0.39 is 5.41 Å². The number of hydrogen-bond donors (Lipinski definition) is 2. The highest BCUT2D eigenvalue weighted by molar-refractivity contribution is 5.85. The average Bonchev–Trinajstić information content (AvgIpc) is 2.54. The van der Waals surface area contributed by atoms with Gasteiger partial charge >= 0.3 is 0 Å². The maximum Gasteiger partial charge on any atom is 0.237 e. The first-order valence-electron chi connectivity index (χ1n) is 8.77. The molecule has 6 nitrogen and oxygen atoms in total. The van der Waals surface area contributed by atoms with Crippen molar-refractivity contribution < 1.29 is 14.3 Å². The minimum atomic E-state index is -0.610. The Morgan fingerprint density at radius 1 is 1.26 bits per heavy atom. The Bertz CT molecular complexity index is 399. The molecule has 134 valence electrons. The molecular weight excluding hydrogens is 294 g/mol. The number of nitrogens with one attached hydrogen (secondary N) is 2. The molecule has 2 N–H and O–H groups in total. The van der Waals surface area contributed by atoms with Crippen molar-refractivity contribution in [3.05, 3.63) is 0 Å². The number of morpholine rings is 1. The van der Waals surface area contributed by atoms with Crippen LogP contribution in [0.1, 0.15) is 47.5 Å². The fraction of sp³-hybridized carbons (Fsp3) is 0.882. The van der Waals surface area contributed by atoms with E-state index in [2.05, 4.69) is 22.5 Å². The third-order valence-corrected chi connectivity index (χ3v) is 4.41. The summed E-state index contributed by atoms with van der Waals surface area (Å²) in [6.07, 6.45) is 1.92. The highest BCUT2D eigenvalue weighted by Crippen LogP contribution is 2.16. The van der Waals surface area contributed by atoms with E-state index in [-0.39, 0.29) is 24.0 Å². The van der Waals surface area contributed by atoms with Crippen LogP contribution in [-0.4, -0.2) is 61.6 Å². The Kier molecular flexibility index (Phi) is 7.99. The predicted molar refractivity (Wildman–Crippen MR) is 91.2 cm³/mol. The van der Waals surface area contributed by atoms with Crippen LogP contribution in [0.5, 0.6) is 0 Å². The second-order valence-corrected chi connectivity index (χ2v) is 6.78. The summed E-state index contributed by atoms with van der Waals surface area (Å²) < 4.78 is 5.68. The van der Waals surface area contributed by atoms with Crippen LogP contribution in [-0.2, 0) is 14.3 Å². The first kappa shape index (κ1) is 19.9. The molecule has 0 aromatic heterocycles. The topological polar surface area (TPSA) is 70.7 Å². The summed E-state index contributed by atoms with van der Waals surface area (Å²) in [5.74, 6) is -0.0348. The lowest BCUT2D eigenvalue weighted by Gasteiger charge is -2.37. The van der Waals surface area contributed by atoms with E-state index in [9.17, 15) is 9.59 Å². The van der Waals surface area contributed by atoms with Gasteiger partial charge < -0.3 is 15.4 Å². The molecule has 0 radical (unpaired) electrons. The monoisotopic (exact) mass is 327 g/mol. The molecule has 23 heavy (non-hydrogen) atoms. The minimum absolute atomic E-state index is 0.00151. The van der Waals surface area contributed by atoms with Gasteiger partial charge in [0.15, 0.2) is 0 Å². The zero-order valence-electron chi connectivity index (χ0n) is 15.3. The van der Waals surface area contributed by atoms with Crippen LogP contribution in [0.15, 0.2) is 0 Å². The molecule has 0 unspecified atom stereocenters. The van der Waals surface area contributed by atoms with Gasteiger partial charge in [-0.3, -0.25) is 14.5 Å². The van der Waals surface area contributed by atoms with Crippen LogP contribution >= 0.6 is 0 Å². The molecule has 1 aliphatic rings. The Hall–Kier alpha value is -1.14. The van der Waals surface area contributed by atoms with Crippen molar-refractivity contribution in [3.8, 4) is 0 Å². The molecule has 1 saturated heterocycles. The van der Waals surface area contributed by atoms with E-state index in [1.54, 1.807) is 0 Å². The van der Waals surface area contributed by atoms with Crippen molar-refractivity contribution in [1.82, 2.24) is 15.5 Å². The van der Waals surface area contributed by atoms with Crippen molar-refractivity contribution in [2.24, 2.45) is 5.41 Å². The van der Waals surface area contributed by atoms with Gasteiger partial charge in [0.1, 0.15) is 0 Å². The minimum Gasteiger partial charge on any atom is -0.376 e. The number of nitrogens with zero attached hydrogens (tertiary/aromatic N) is 1. The first-order valence-corrected chi connectivity index (χ1v) is 8.77. The Morgan fingerprint density at radius 3 is 2.52 bits per heavy atom. The number of hydrogen-bond acceptors (Lipinski definition) is 4.